The molecule has 0 spiro atoms. The van der Waals surface area contributed by atoms with E-state index < -0.39 is 0 Å². The van der Waals surface area contributed by atoms with E-state index in [1.54, 1.807) is 0 Å². The van der Waals surface area contributed by atoms with Gasteiger partial charge in [-0.2, -0.15) is 5.10 Å². The molecule has 29 heavy (non-hydrogen) atoms. The Morgan fingerprint density at radius 2 is 2.00 bits per heavy atom. The Labute approximate surface area is 173 Å². The average molecular weight is 408 g/mol. The van der Waals surface area contributed by atoms with E-state index in [1.807, 2.05) is 67.9 Å². The van der Waals surface area contributed by atoms with Crippen LogP contribution >= 0.6 is 11.6 Å². The van der Waals surface area contributed by atoms with Crippen LogP contribution in [0.15, 0.2) is 42.5 Å². The summed E-state index contributed by atoms with van der Waals surface area (Å²) in [6.45, 7) is 3.97. The molecule has 0 saturated heterocycles. The summed E-state index contributed by atoms with van der Waals surface area (Å²) in [5.41, 5.74) is 6.39. The molecule has 2 N–H and O–H groups in total. The van der Waals surface area contributed by atoms with E-state index in [0.717, 1.165) is 45.1 Å². The molecular formula is C22H22ClN5O. The maximum atomic E-state index is 12.6. The van der Waals surface area contributed by atoms with Crippen molar-refractivity contribution in [1.82, 2.24) is 19.7 Å². The first kappa shape index (κ1) is 19.2. The van der Waals surface area contributed by atoms with Gasteiger partial charge in [0.2, 0.25) is 5.91 Å². The van der Waals surface area contributed by atoms with Crippen LogP contribution in [0.4, 0.5) is 5.69 Å². The predicted molar refractivity (Wildman–Crippen MR) is 116 cm³/mol. The fourth-order valence-electron chi connectivity index (χ4n) is 3.42. The molecule has 1 amide bonds. The molecule has 0 saturated carbocycles. The normalized spacial score (nSPS) is 11.2. The molecule has 0 aliphatic carbocycles. The van der Waals surface area contributed by atoms with Crippen LogP contribution in [0, 0.1) is 13.8 Å². The van der Waals surface area contributed by atoms with E-state index in [9.17, 15) is 4.79 Å². The third-order valence-electron chi connectivity index (χ3n) is 4.94. The lowest BCUT2D eigenvalue weighted by Crippen LogP contribution is -2.14. The van der Waals surface area contributed by atoms with Gasteiger partial charge in [0.05, 0.1) is 22.4 Å². The van der Waals surface area contributed by atoms with Crippen LogP contribution in [0.5, 0.6) is 0 Å². The minimum absolute atomic E-state index is 0.0625. The number of aromatic amines is 1. The number of anilines is 1. The third kappa shape index (κ3) is 4.03. The van der Waals surface area contributed by atoms with Gasteiger partial charge in [0.1, 0.15) is 5.82 Å². The van der Waals surface area contributed by atoms with Crippen molar-refractivity contribution in [1.29, 1.82) is 0 Å². The van der Waals surface area contributed by atoms with Crippen molar-refractivity contribution in [2.75, 3.05) is 5.32 Å². The van der Waals surface area contributed by atoms with E-state index in [4.69, 9.17) is 11.6 Å². The van der Waals surface area contributed by atoms with Gasteiger partial charge in [-0.1, -0.05) is 23.2 Å². The molecule has 4 aromatic rings. The minimum atomic E-state index is -0.0625. The molecular weight excluding hydrogens is 386 g/mol. The predicted octanol–water partition coefficient (Wildman–Crippen LogP) is 4.80. The van der Waals surface area contributed by atoms with Crippen LogP contribution in [0.25, 0.3) is 22.3 Å². The van der Waals surface area contributed by atoms with E-state index in [0.29, 0.717) is 17.9 Å². The van der Waals surface area contributed by atoms with Gasteiger partial charge in [0.25, 0.3) is 0 Å². The molecule has 0 fully saturated rings. The Bertz CT molecular complexity index is 1210. The number of aromatic nitrogens is 4. The maximum absolute atomic E-state index is 12.6. The summed E-state index contributed by atoms with van der Waals surface area (Å²) in [6, 6.07) is 13.5. The van der Waals surface area contributed by atoms with Gasteiger partial charge in [-0.25, -0.2) is 4.98 Å². The number of H-pyrrole nitrogens is 1. The summed E-state index contributed by atoms with van der Waals surface area (Å²) in [4.78, 5) is 17.3. The zero-order valence-electron chi connectivity index (χ0n) is 16.6. The number of halogens is 1. The molecule has 0 bridgehead atoms. The summed E-state index contributed by atoms with van der Waals surface area (Å²) in [7, 11) is 1.95. The van der Waals surface area contributed by atoms with E-state index in [2.05, 4.69) is 20.5 Å². The van der Waals surface area contributed by atoms with Gasteiger partial charge in [0, 0.05) is 36.2 Å². The number of carbonyl (C=O) groups excluding carboxylic acids is 1. The number of benzene rings is 2. The number of amides is 1. The number of hydrogen-bond donors (Lipinski definition) is 2. The first-order valence-corrected chi connectivity index (χ1v) is 9.82. The number of aryl methyl sites for hydroxylation is 4. The smallest absolute Gasteiger partial charge is 0.224 e. The Balaban J connectivity index is 1.50. The zero-order valence-corrected chi connectivity index (χ0v) is 17.3. The number of carbonyl (C=O) groups is 1. The van der Waals surface area contributed by atoms with Crippen molar-refractivity contribution in [3.8, 4) is 11.3 Å². The standard InChI is InChI=1S/C22H22ClN5O/c1-13-4-6-17(16(10-13)18-11-14(2)26-27-18)25-22(29)9-8-21-24-19-12-15(23)5-7-20(19)28(21)3/h4-7,10-12H,8-9H2,1-3H3,(H,25,29)(H,26,27). The van der Waals surface area contributed by atoms with Gasteiger partial charge >= 0.3 is 0 Å². The summed E-state index contributed by atoms with van der Waals surface area (Å²) in [5, 5.41) is 11.0. The lowest BCUT2D eigenvalue weighted by Gasteiger charge is -2.11. The molecule has 6 nitrogen and oxygen atoms in total. The first-order valence-electron chi connectivity index (χ1n) is 9.44. The van der Waals surface area contributed by atoms with Crippen LogP contribution in [-0.2, 0) is 18.3 Å². The number of nitrogens with zero attached hydrogens (tertiary/aromatic N) is 3. The molecule has 0 atom stereocenters. The molecule has 7 heteroatoms. The number of hydrogen-bond acceptors (Lipinski definition) is 3. The second-order valence-corrected chi connectivity index (χ2v) is 7.69. The van der Waals surface area contributed by atoms with Crippen LogP contribution < -0.4 is 5.32 Å². The topological polar surface area (TPSA) is 75.6 Å². The molecule has 0 radical (unpaired) electrons. The van der Waals surface area contributed by atoms with Crippen molar-refractivity contribution in [2.24, 2.45) is 7.05 Å². The number of rotatable bonds is 5. The Hall–Kier alpha value is -3.12. The Morgan fingerprint density at radius 1 is 1.17 bits per heavy atom. The number of nitrogens with one attached hydrogen (secondary N) is 2. The molecule has 4 rings (SSSR count). The fraction of sp³-hybridized carbons (Fsp3) is 0.227. The van der Waals surface area contributed by atoms with Gasteiger partial charge in [-0.3, -0.25) is 9.89 Å². The van der Waals surface area contributed by atoms with Crippen molar-refractivity contribution in [3.05, 3.63) is 64.6 Å². The van der Waals surface area contributed by atoms with E-state index >= 15 is 0 Å². The summed E-state index contributed by atoms with van der Waals surface area (Å²) < 4.78 is 2.00. The molecule has 2 aromatic carbocycles. The van der Waals surface area contributed by atoms with Crippen LogP contribution in [0.1, 0.15) is 23.5 Å². The molecule has 2 aromatic heterocycles. The third-order valence-corrected chi connectivity index (χ3v) is 5.18. The number of imidazole rings is 1. The van der Waals surface area contributed by atoms with Gasteiger partial charge < -0.3 is 9.88 Å². The van der Waals surface area contributed by atoms with E-state index in [-0.39, 0.29) is 5.91 Å². The SMILES string of the molecule is Cc1ccc(NC(=O)CCc2nc3cc(Cl)ccc3n2C)c(-c2cc(C)[nH]n2)c1. The fourth-order valence-corrected chi connectivity index (χ4v) is 3.59. The highest BCUT2D eigenvalue weighted by atomic mass is 35.5. The molecule has 0 aliphatic heterocycles. The van der Waals surface area contributed by atoms with Crippen molar-refractivity contribution >= 4 is 34.2 Å². The van der Waals surface area contributed by atoms with Gasteiger partial charge in [-0.05, 0) is 50.2 Å². The Kier molecular flexibility index (Phi) is 5.11. The summed E-state index contributed by atoms with van der Waals surface area (Å²) in [5.74, 6) is 0.789. The van der Waals surface area contributed by atoms with Crippen LogP contribution in [0.3, 0.4) is 0 Å². The average Bonchev–Trinajstić information content (AvgIpc) is 3.24. The second-order valence-electron chi connectivity index (χ2n) is 7.25. The number of fused-ring (bicyclic) bond motifs is 1. The van der Waals surface area contributed by atoms with Crippen LogP contribution in [-0.4, -0.2) is 25.7 Å². The van der Waals surface area contributed by atoms with Crippen molar-refractivity contribution in [2.45, 2.75) is 26.7 Å². The largest absolute Gasteiger partial charge is 0.331 e. The summed E-state index contributed by atoms with van der Waals surface area (Å²) >= 11 is 6.06. The maximum Gasteiger partial charge on any atom is 0.224 e. The quantitative estimate of drug-likeness (QED) is 0.498. The molecule has 0 aliphatic rings. The van der Waals surface area contributed by atoms with Gasteiger partial charge in [-0.15, -0.1) is 0 Å². The van der Waals surface area contributed by atoms with Crippen LogP contribution in [0.2, 0.25) is 5.02 Å². The monoisotopic (exact) mass is 407 g/mol. The lowest BCUT2D eigenvalue weighted by molar-refractivity contribution is -0.116. The lowest BCUT2D eigenvalue weighted by atomic mass is 10.1. The minimum Gasteiger partial charge on any atom is -0.331 e. The van der Waals surface area contributed by atoms with Crippen molar-refractivity contribution < 1.29 is 4.79 Å². The van der Waals surface area contributed by atoms with E-state index in [1.165, 1.54) is 0 Å². The van der Waals surface area contributed by atoms with Crippen molar-refractivity contribution in [3.63, 3.8) is 0 Å². The summed E-state index contributed by atoms with van der Waals surface area (Å²) in [6.07, 6.45) is 0.870. The second kappa shape index (κ2) is 7.72. The molecule has 0 unspecified atom stereocenters. The Morgan fingerprint density at radius 3 is 2.76 bits per heavy atom. The van der Waals surface area contributed by atoms with Gasteiger partial charge in [0.15, 0.2) is 0 Å². The highest BCUT2D eigenvalue weighted by Gasteiger charge is 2.14. The zero-order chi connectivity index (χ0) is 20.5. The highest BCUT2D eigenvalue weighted by Crippen LogP contribution is 2.28. The highest BCUT2D eigenvalue weighted by molar-refractivity contribution is 6.31. The first-order chi connectivity index (χ1) is 13.9. The molecule has 148 valence electrons. The molecule has 2 heterocycles.